The Morgan fingerprint density at radius 3 is 2.58 bits per heavy atom. The van der Waals surface area contributed by atoms with E-state index in [0.717, 1.165) is 37.1 Å². The normalized spacial score (nSPS) is 19.6. The lowest BCUT2D eigenvalue weighted by Gasteiger charge is -2.38. The van der Waals surface area contributed by atoms with Crippen molar-refractivity contribution in [3.63, 3.8) is 0 Å². The van der Waals surface area contributed by atoms with Crippen molar-refractivity contribution >= 4 is 17.6 Å². The van der Waals surface area contributed by atoms with Crippen LogP contribution in [0, 0.1) is 30.1 Å². The van der Waals surface area contributed by atoms with E-state index in [0.29, 0.717) is 37.1 Å². The summed E-state index contributed by atoms with van der Waals surface area (Å²) in [5, 5.41) is 29.4. The van der Waals surface area contributed by atoms with Crippen LogP contribution in [0.1, 0.15) is 76.1 Å². The minimum atomic E-state index is -1.18. The average molecular weight is 526 g/mol. The Morgan fingerprint density at radius 1 is 1.21 bits per heavy atom. The maximum absolute atomic E-state index is 15.3. The van der Waals surface area contributed by atoms with E-state index in [1.54, 1.807) is 19.9 Å². The van der Waals surface area contributed by atoms with Gasteiger partial charge in [-0.25, -0.2) is 14.2 Å². The molecule has 3 rings (SSSR count). The molecule has 0 saturated heterocycles. The number of halogens is 1. The van der Waals surface area contributed by atoms with Crippen molar-refractivity contribution < 1.29 is 19.4 Å². The van der Waals surface area contributed by atoms with Gasteiger partial charge < -0.3 is 15.1 Å². The predicted octanol–water partition coefficient (Wildman–Crippen LogP) is 5.82. The van der Waals surface area contributed by atoms with Crippen molar-refractivity contribution in [3.8, 4) is 6.07 Å². The van der Waals surface area contributed by atoms with Crippen molar-refractivity contribution in [1.82, 2.24) is 9.97 Å². The van der Waals surface area contributed by atoms with Gasteiger partial charge in [-0.15, -0.1) is 0 Å². The van der Waals surface area contributed by atoms with Crippen LogP contribution >= 0.6 is 0 Å². The number of nitrogens with zero attached hydrogens (tertiary/aromatic N) is 5. The number of aliphatic hydroxyl groups is 1. The molecule has 1 fully saturated rings. The molecule has 2 aromatic rings. The Hall–Kier alpha value is -3.25. The van der Waals surface area contributed by atoms with Crippen LogP contribution in [0.4, 0.5) is 20.7 Å². The number of benzene rings is 1. The Kier molecular flexibility index (Phi) is 10.0. The number of carbonyl (C=O) groups is 1. The van der Waals surface area contributed by atoms with E-state index in [4.69, 9.17) is 0 Å². The molecule has 1 aliphatic carbocycles. The third kappa shape index (κ3) is 7.64. The molecule has 8 nitrogen and oxygen atoms in total. The second-order valence-electron chi connectivity index (χ2n) is 10.9. The van der Waals surface area contributed by atoms with E-state index >= 15 is 4.39 Å². The first-order chi connectivity index (χ1) is 18.0. The Labute approximate surface area is 225 Å². The van der Waals surface area contributed by atoms with Gasteiger partial charge in [-0.1, -0.05) is 25.8 Å². The summed E-state index contributed by atoms with van der Waals surface area (Å²) in [4.78, 5) is 23.9. The molecule has 0 radical (unpaired) electrons. The molecule has 38 heavy (non-hydrogen) atoms. The quantitative estimate of drug-likeness (QED) is 0.355. The summed E-state index contributed by atoms with van der Waals surface area (Å²) in [6.45, 7) is 8.83. The third-order valence-electron chi connectivity index (χ3n) is 7.38. The predicted molar refractivity (Wildman–Crippen MR) is 146 cm³/mol. The number of rotatable bonds is 11. The van der Waals surface area contributed by atoms with Gasteiger partial charge >= 0.3 is 6.09 Å². The van der Waals surface area contributed by atoms with Gasteiger partial charge in [-0.3, -0.25) is 9.88 Å². The number of nitriles is 1. The number of aromatic nitrogens is 2. The molecule has 1 amide bonds. The van der Waals surface area contributed by atoms with Crippen molar-refractivity contribution in [2.75, 3.05) is 29.4 Å². The highest BCUT2D eigenvalue weighted by molar-refractivity contribution is 5.84. The van der Waals surface area contributed by atoms with E-state index in [1.807, 2.05) is 19.1 Å². The highest BCUT2D eigenvalue weighted by atomic mass is 19.1. The number of hydrogen-bond acceptors (Lipinski definition) is 6. The summed E-state index contributed by atoms with van der Waals surface area (Å²) in [5.74, 6) is -0.0859. The standard InChI is InChI=1S/C29H40FN5O3/c1-5-6-7-12-34(25-14-21(15-31)9-8-20(25)2)19-23-13-22(10-11-24(23)30)18-35(28(36)37)27-17-32-26(16-33-27)29(3,4)38/h8-9,14,16-17,22-24,38H,5-7,10-13,18-19H2,1-4H3,(H,36,37). The number of alkyl halides is 1. The molecule has 0 spiro atoms. The molecule has 3 unspecified atom stereocenters. The molecule has 9 heteroatoms. The van der Waals surface area contributed by atoms with Crippen molar-refractivity contribution in [2.24, 2.45) is 11.8 Å². The van der Waals surface area contributed by atoms with Gasteiger partial charge in [-0.2, -0.15) is 5.26 Å². The average Bonchev–Trinajstić information content (AvgIpc) is 2.88. The zero-order valence-electron chi connectivity index (χ0n) is 22.9. The van der Waals surface area contributed by atoms with Crippen LogP contribution in [-0.2, 0) is 5.60 Å². The van der Waals surface area contributed by atoms with Gasteiger partial charge in [0.25, 0.3) is 0 Å². The minimum absolute atomic E-state index is 0.0251. The Balaban J connectivity index is 1.77. The van der Waals surface area contributed by atoms with E-state index in [-0.39, 0.29) is 24.2 Å². The molecule has 1 aromatic carbocycles. The summed E-state index contributed by atoms with van der Waals surface area (Å²) in [5.41, 5.74) is 1.76. The van der Waals surface area contributed by atoms with Gasteiger partial charge in [0.2, 0.25) is 0 Å². The molecular formula is C29H40FN5O3. The summed E-state index contributed by atoms with van der Waals surface area (Å²) < 4.78 is 15.3. The smallest absolute Gasteiger partial charge is 0.413 e. The lowest BCUT2D eigenvalue weighted by Crippen LogP contribution is -2.42. The maximum Gasteiger partial charge on any atom is 0.413 e. The van der Waals surface area contributed by atoms with Crippen LogP contribution in [0.15, 0.2) is 30.6 Å². The van der Waals surface area contributed by atoms with Crippen LogP contribution < -0.4 is 9.80 Å². The Morgan fingerprint density at radius 2 is 1.97 bits per heavy atom. The lowest BCUT2D eigenvalue weighted by atomic mass is 9.79. The first-order valence-corrected chi connectivity index (χ1v) is 13.5. The number of unbranched alkanes of at least 4 members (excludes halogenated alkanes) is 2. The van der Waals surface area contributed by atoms with Gasteiger partial charge in [0.05, 0.1) is 29.7 Å². The zero-order chi connectivity index (χ0) is 27.9. The first-order valence-electron chi connectivity index (χ1n) is 13.5. The molecule has 1 heterocycles. The van der Waals surface area contributed by atoms with Crippen LogP contribution in [0.5, 0.6) is 0 Å². The van der Waals surface area contributed by atoms with Crippen LogP contribution in [0.3, 0.4) is 0 Å². The summed E-state index contributed by atoms with van der Waals surface area (Å²) >= 11 is 0. The summed E-state index contributed by atoms with van der Waals surface area (Å²) in [6, 6.07) is 7.83. The van der Waals surface area contributed by atoms with Gasteiger partial charge in [-0.05, 0) is 70.1 Å². The van der Waals surface area contributed by atoms with E-state index < -0.39 is 17.9 Å². The fraction of sp³-hybridized carbons (Fsp3) is 0.586. The molecule has 1 saturated carbocycles. The highest BCUT2D eigenvalue weighted by Gasteiger charge is 2.34. The molecule has 1 aromatic heterocycles. The summed E-state index contributed by atoms with van der Waals surface area (Å²) in [7, 11) is 0. The largest absolute Gasteiger partial charge is 0.465 e. The second kappa shape index (κ2) is 13.0. The molecule has 0 bridgehead atoms. The molecule has 2 N–H and O–H groups in total. The molecular weight excluding hydrogens is 485 g/mol. The molecule has 206 valence electrons. The zero-order valence-corrected chi connectivity index (χ0v) is 22.9. The van der Waals surface area contributed by atoms with Crippen LogP contribution in [0.2, 0.25) is 0 Å². The third-order valence-corrected chi connectivity index (χ3v) is 7.38. The SMILES string of the molecule is CCCCCN(CC1CC(CN(C(=O)O)c2cnc(C(C)(C)O)cn2)CCC1F)c1cc(C#N)ccc1C. The van der Waals surface area contributed by atoms with E-state index in [1.165, 1.54) is 17.3 Å². The fourth-order valence-corrected chi connectivity index (χ4v) is 5.15. The van der Waals surface area contributed by atoms with Crippen LogP contribution in [0.25, 0.3) is 0 Å². The topological polar surface area (TPSA) is 114 Å². The number of anilines is 2. The molecule has 3 atom stereocenters. The summed E-state index contributed by atoms with van der Waals surface area (Å²) in [6.07, 6.45) is 5.30. The monoisotopic (exact) mass is 525 g/mol. The van der Waals surface area contributed by atoms with Gasteiger partial charge in [0, 0.05) is 31.2 Å². The van der Waals surface area contributed by atoms with Crippen LogP contribution in [-0.4, -0.2) is 52.1 Å². The number of hydrogen-bond donors (Lipinski definition) is 2. The molecule has 0 aliphatic heterocycles. The number of aryl methyl sites for hydroxylation is 1. The number of amides is 1. The van der Waals surface area contributed by atoms with Crippen molar-refractivity contribution in [3.05, 3.63) is 47.4 Å². The van der Waals surface area contributed by atoms with Gasteiger partial charge in [0.15, 0.2) is 5.82 Å². The maximum atomic E-state index is 15.3. The highest BCUT2D eigenvalue weighted by Crippen LogP contribution is 2.35. The van der Waals surface area contributed by atoms with Crippen molar-refractivity contribution in [1.29, 1.82) is 5.26 Å². The first kappa shape index (κ1) is 29.3. The lowest BCUT2D eigenvalue weighted by molar-refractivity contribution is 0.0734. The molecule has 1 aliphatic rings. The fourth-order valence-electron chi connectivity index (χ4n) is 5.15. The van der Waals surface area contributed by atoms with Crippen molar-refractivity contribution in [2.45, 2.75) is 78.0 Å². The van der Waals surface area contributed by atoms with Gasteiger partial charge in [0.1, 0.15) is 11.8 Å². The second-order valence-corrected chi connectivity index (χ2v) is 10.9. The van der Waals surface area contributed by atoms with E-state index in [2.05, 4.69) is 27.9 Å². The minimum Gasteiger partial charge on any atom is -0.465 e. The Bertz CT molecular complexity index is 1110. The number of carboxylic acid groups (broad SMARTS) is 1. The van der Waals surface area contributed by atoms with E-state index in [9.17, 15) is 20.3 Å².